The maximum Gasteiger partial charge on any atom is 0.224 e. The van der Waals surface area contributed by atoms with Crippen molar-refractivity contribution in [2.24, 2.45) is 5.92 Å². The van der Waals surface area contributed by atoms with Crippen molar-refractivity contribution in [2.75, 3.05) is 19.6 Å². The summed E-state index contributed by atoms with van der Waals surface area (Å²) in [5.41, 5.74) is 0.547. The van der Waals surface area contributed by atoms with Gasteiger partial charge in [-0.3, -0.25) is 14.5 Å². The molecule has 0 bridgehead atoms. The molecule has 2 heterocycles. The van der Waals surface area contributed by atoms with Crippen molar-refractivity contribution < 1.29 is 14.0 Å². The molecule has 112 valence electrons. The van der Waals surface area contributed by atoms with Gasteiger partial charge in [-0.05, 0) is 43.7 Å². The summed E-state index contributed by atoms with van der Waals surface area (Å²) in [6.07, 6.45) is 2.35. The van der Waals surface area contributed by atoms with Gasteiger partial charge in [0.25, 0.3) is 0 Å². The summed E-state index contributed by atoms with van der Waals surface area (Å²) >= 11 is 0. The van der Waals surface area contributed by atoms with Crippen LogP contribution in [0.3, 0.4) is 0 Å². The summed E-state index contributed by atoms with van der Waals surface area (Å²) in [6, 6.07) is 5.90. The highest BCUT2D eigenvalue weighted by molar-refractivity contribution is 5.96. The molecule has 2 fully saturated rings. The Morgan fingerprint density at radius 1 is 1.33 bits per heavy atom. The number of Topliss-reactive ketones (excluding diaryl/α,β-unsaturated/α-hetero) is 1. The minimum atomic E-state index is -0.332. The standard InChI is InChI=1S/C16H19FN2O2/c17-12-5-3-11(4-6-12)15(20)7-9-19-8-1-2-13-14(19)10-18-16(13)21/h3-6,13-14H,1-2,7-10H2,(H,18,21). The van der Waals surface area contributed by atoms with Gasteiger partial charge in [0.05, 0.1) is 5.92 Å². The quantitative estimate of drug-likeness (QED) is 0.857. The number of rotatable bonds is 4. The van der Waals surface area contributed by atoms with Crippen LogP contribution < -0.4 is 5.32 Å². The molecule has 3 rings (SSSR count). The third kappa shape index (κ3) is 2.97. The first kappa shape index (κ1) is 14.2. The Bertz CT molecular complexity index is 544. The van der Waals surface area contributed by atoms with Crippen molar-refractivity contribution in [3.63, 3.8) is 0 Å². The van der Waals surface area contributed by atoms with Crippen LogP contribution in [0.5, 0.6) is 0 Å². The number of carbonyl (C=O) groups excluding carboxylic acids is 2. The molecule has 21 heavy (non-hydrogen) atoms. The molecular formula is C16H19FN2O2. The predicted octanol–water partition coefficient (Wildman–Crippen LogP) is 1.61. The number of likely N-dealkylation sites (tertiary alicyclic amines) is 1. The summed E-state index contributed by atoms with van der Waals surface area (Å²) in [6.45, 7) is 2.29. The van der Waals surface area contributed by atoms with Gasteiger partial charge in [0, 0.05) is 31.1 Å². The van der Waals surface area contributed by atoms with Crippen LogP contribution in [0, 0.1) is 11.7 Å². The van der Waals surface area contributed by atoms with Crippen LogP contribution in [0.4, 0.5) is 4.39 Å². The molecule has 2 unspecified atom stereocenters. The molecule has 0 spiro atoms. The van der Waals surface area contributed by atoms with Gasteiger partial charge < -0.3 is 5.32 Å². The lowest BCUT2D eigenvalue weighted by molar-refractivity contribution is -0.124. The molecule has 2 saturated heterocycles. The summed E-state index contributed by atoms with van der Waals surface area (Å²) in [5, 5.41) is 2.91. The highest BCUT2D eigenvalue weighted by atomic mass is 19.1. The summed E-state index contributed by atoms with van der Waals surface area (Å²) < 4.78 is 12.9. The highest BCUT2D eigenvalue weighted by Crippen LogP contribution is 2.27. The first-order chi connectivity index (χ1) is 10.1. The van der Waals surface area contributed by atoms with E-state index >= 15 is 0 Å². The second kappa shape index (κ2) is 5.93. The minimum absolute atomic E-state index is 0.0226. The average molecular weight is 290 g/mol. The van der Waals surface area contributed by atoms with Gasteiger partial charge >= 0.3 is 0 Å². The molecule has 2 aliphatic rings. The van der Waals surface area contributed by atoms with E-state index in [4.69, 9.17) is 0 Å². The van der Waals surface area contributed by atoms with Crippen LogP contribution in [-0.4, -0.2) is 42.3 Å². The second-order valence-electron chi connectivity index (χ2n) is 5.78. The molecular weight excluding hydrogens is 271 g/mol. The number of hydrogen-bond donors (Lipinski definition) is 1. The Kier molecular flexibility index (Phi) is 4.01. The fraction of sp³-hybridized carbons (Fsp3) is 0.500. The molecule has 5 heteroatoms. The van der Waals surface area contributed by atoms with Gasteiger partial charge in [-0.15, -0.1) is 0 Å². The minimum Gasteiger partial charge on any atom is -0.354 e. The molecule has 0 saturated carbocycles. The molecule has 0 aliphatic carbocycles. The van der Waals surface area contributed by atoms with E-state index in [1.54, 1.807) is 0 Å². The van der Waals surface area contributed by atoms with Crippen LogP contribution in [0.2, 0.25) is 0 Å². The number of amides is 1. The molecule has 0 aromatic heterocycles. The lowest BCUT2D eigenvalue weighted by Crippen LogP contribution is -2.46. The Morgan fingerprint density at radius 2 is 2.10 bits per heavy atom. The normalized spacial score (nSPS) is 25.5. The van der Waals surface area contributed by atoms with Gasteiger partial charge in [0.15, 0.2) is 5.78 Å². The smallest absolute Gasteiger partial charge is 0.224 e. The number of nitrogens with zero attached hydrogens (tertiary/aromatic N) is 1. The van der Waals surface area contributed by atoms with Gasteiger partial charge in [0.2, 0.25) is 5.91 Å². The Hall–Kier alpha value is -1.75. The lowest BCUT2D eigenvalue weighted by atomic mass is 9.91. The van der Waals surface area contributed by atoms with E-state index in [1.165, 1.54) is 24.3 Å². The molecule has 0 radical (unpaired) electrons. The zero-order valence-corrected chi connectivity index (χ0v) is 11.8. The second-order valence-corrected chi connectivity index (χ2v) is 5.78. The third-order valence-electron chi connectivity index (χ3n) is 4.51. The molecule has 4 nitrogen and oxygen atoms in total. The maximum atomic E-state index is 12.9. The summed E-state index contributed by atoms with van der Waals surface area (Å²) in [4.78, 5) is 26.1. The van der Waals surface area contributed by atoms with E-state index in [2.05, 4.69) is 10.2 Å². The number of piperidine rings is 1. The van der Waals surface area contributed by atoms with Crippen LogP contribution >= 0.6 is 0 Å². The van der Waals surface area contributed by atoms with Crippen molar-refractivity contribution in [3.8, 4) is 0 Å². The molecule has 1 aromatic carbocycles. The van der Waals surface area contributed by atoms with E-state index < -0.39 is 0 Å². The number of ketones is 1. The zero-order chi connectivity index (χ0) is 14.8. The van der Waals surface area contributed by atoms with E-state index in [0.717, 1.165) is 19.4 Å². The van der Waals surface area contributed by atoms with Gasteiger partial charge in [0.1, 0.15) is 5.82 Å². The molecule has 1 aromatic rings. The van der Waals surface area contributed by atoms with E-state index in [-0.39, 0.29) is 29.5 Å². The predicted molar refractivity (Wildman–Crippen MR) is 76.4 cm³/mol. The molecule has 2 atom stereocenters. The van der Waals surface area contributed by atoms with Crippen LogP contribution in [0.25, 0.3) is 0 Å². The fourth-order valence-corrected chi connectivity index (χ4v) is 3.34. The highest BCUT2D eigenvalue weighted by Gasteiger charge is 2.40. The maximum absolute atomic E-state index is 12.9. The SMILES string of the molecule is O=C(CCN1CCCC2C(=O)NCC21)c1ccc(F)cc1. The number of hydrogen-bond acceptors (Lipinski definition) is 3. The molecule has 1 amide bonds. The molecule has 2 aliphatic heterocycles. The number of benzene rings is 1. The summed E-state index contributed by atoms with van der Waals surface area (Å²) in [5.74, 6) is -0.0791. The van der Waals surface area contributed by atoms with Gasteiger partial charge in [-0.25, -0.2) is 4.39 Å². The van der Waals surface area contributed by atoms with Crippen molar-refractivity contribution >= 4 is 11.7 Å². The third-order valence-corrected chi connectivity index (χ3v) is 4.51. The Balaban J connectivity index is 1.58. The van der Waals surface area contributed by atoms with E-state index in [1.807, 2.05) is 0 Å². The average Bonchev–Trinajstić information content (AvgIpc) is 2.88. The first-order valence-electron chi connectivity index (χ1n) is 7.45. The zero-order valence-electron chi connectivity index (χ0n) is 11.8. The van der Waals surface area contributed by atoms with E-state index in [9.17, 15) is 14.0 Å². The van der Waals surface area contributed by atoms with Crippen molar-refractivity contribution in [2.45, 2.75) is 25.3 Å². The monoisotopic (exact) mass is 290 g/mol. The number of halogens is 1. The molecule has 1 N–H and O–H groups in total. The Morgan fingerprint density at radius 3 is 2.86 bits per heavy atom. The Labute approximate surface area is 123 Å². The van der Waals surface area contributed by atoms with E-state index in [0.29, 0.717) is 25.1 Å². The van der Waals surface area contributed by atoms with Crippen molar-refractivity contribution in [3.05, 3.63) is 35.6 Å². The van der Waals surface area contributed by atoms with Crippen LogP contribution in [-0.2, 0) is 4.79 Å². The van der Waals surface area contributed by atoms with Crippen molar-refractivity contribution in [1.82, 2.24) is 10.2 Å². The first-order valence-corrected chi connectivity index (χ1v) is 7.45. The summed E-state index contributed by atoms with van der Waals surface area (Å²) in [7, 11) is 0. The topological polar surface area (TPSA) is 49.4 Å². The van der Waals surface area contributed by atoms with Crippen LogP contribution in [0.1, 0.15) is 29.6 Å². The fourth-order valence-electron chi connectivity index (χ4n) is 3.34. The largest absolute Gasteiger partial charge is 0.354 e. The van der Waals surface area contributed by atoms with Crippen LogP contribution in [0.15, 0.2) is 24.3 Å². The van der Waals surface area contributed by atoms with Gasteiger partial charge in [-0.1, -0.05) is 0 Å². The number of nitrogens with one attached hydrogen (secondary N) is 1. The van der Waals surface area contributed by atoms with Gasteiger partial charge in [-0.2, -0.15) is 0 Å². The van der Waals surface area contributed by atoms with Crippen molar-refractivity contribution in [1.29, 1.82) is 0 Å². The number of fused-ring (bicyclic) bond motifs is 1. The number of carbonyl (C=O) groups is 2. The lowest BCUT2D eigenvalue weighted by Gasteiger charge is -2.35.